The fourth-order valence-electron chi connectivity index (χ4n) is 4.36. The summed E-state index contributed by atoms with van der Waals surface area (Å²) in [5.74, 6) is 2.56. The second kappa shape index (κ2) is 5.43. The normalized spacial score (nSPS) is 26.1. The topological polar surface area (TPSA) is 87.9 Å². The number of carbonyl (C=O) groups excluding carboxylic acids is 1. The van der Waals surface area contributed by atoms with Crippen molar-refractivity contribution < 1.29 is 9.21 Å². The van der Waals surface area contributed by atoms with Crippen molar-refractivity contribution in [2.45, 2.75) is 51.9 Å². The first-order valence-electron chi connectivity index (χ1n) is 8.69. The molecule has 1 amide bonds. The number of rotatable bonds is 3. The molecule has 0 bridgehead atoms. The average Bonchev–Trinajstić information content (AvgIpc) is 3.27. The van der Waals surface area contributed by atoms with E-state index in [0.29, 0.717) is 29.9 Å². The molecule has 1 aliphatic heterocycles. The lowest BCUT2D eigenvalue weighted by molar-refractivity contribution is 0.0769. The van der Waals surface area contributed by atoms with Gasteiger partial charge in [0.2, 0.25) is 11.8 Å². The van der Waals surface area contributed by atoms with Crippen LogP contribution in [0, 0.1) is 19.8 Å². The van der Waals surface area contributed by atoms with Gasteiger partial charge in [0.05, 0.1) is 5.41 Å². The van der Waals surface area contributed by atoms with Crippen LogP contribution in [0.2, 0.25) is 0 Å². The van der Waals surface area contributed by atoms with Crippen LogP contribution in [-0.4, -0.2) is 44.1 Å². The van der Waals surface area contributed by atoms with Crippen molar-refractivity contribution in [3.8, 4) is 0 Å². The van der Waals surface area contributed by atoms with E-state index < -0.39 is 0 Å². The Kier molecular flexibility index (Phi) is 3.47. The van der Waals surface area contributed by atoms with Crippen LogP contribution in [0.25, 0.3) is 0 Å². The maximum atomic E-state index is 12.9. The lowest BCUT2D eigenvalue weighted by atomic mass is 9.80. The highest BCUT2D eigenvalue weighted by atomic mass is 16.4. The van der Waals surface area contributed by atoms with Crippen LogP contribution in [0.5, 0.6) is 0 Å². The van der Waals surface area contributed by atoms with E-state index >= 15 is 0 Å². The molecule has 1 aliphatic carbocycles. The zero-order valence-electron chi connectivity index (χ0n) is 14.4. The van der Waals surface area contributed by atoms with Crippen molar-refractivity contribution in [2.75, 3.05) is 13.1 Å². The van der Waals surface area contributed by atoms with Crippen LogP contribution in [0.15, 0.2) is 4.42 Å². The van der Waals surface area contributed by atoms with Gasteiger partial charge in [0.1, 0.15) is 11.5 Å². The summed E-state index contributed by atoms with van der Waals surface area (Å²) in [5, 5.41) is 8.46. The summed E-state index contributed by atoms with van der Waals surface area (Å²) in [7, 11) is 0. The fraction of sp³-hybridized carbons (Fsp3) is 0.647. The molecular weight excluding hydrogens is 306 g/mol. The van der Waals surface area contributed by atoms with Gasteiger partial charge in [-0.05, 0) is 32.6 Å². The van der Waals surface area contributed by atoms with Crippen LogP contribution >= 0.6 is 0 Å². The first kappa shape index (κ1) is 15.4. The predicted molar refractivity (Wildman–Crippen MR) is 86.7 cm³/mol. The number of nitrogens with one attached hydrogen (secondary N) is 1. The van der Waals surface area contributed by atoms with Crippen LogP contribution in [-0.2, 0) is 11.8 Å². The molecule has 1 saturated heterocycles. The Hall–Kier alpha value is -2.18. The Labute approximate surface area is 140 Å². The molecule has 7 nitrogen and oxygen atoms in total. The summed E-state index contributed by atoms with van der Waals surface area (Å²) in [6.07, 6.45) is 4.00. The van der Waals surface area contributed by atoms with E-state index in [9.17, 15) is 4.79 Å². The second-order valence-corrected chi connectivity index (χ2v) is 7.08. The number of fused-ring (bicyclic) bond motifs is 1. The van der Waals surface area contributed by atoms with Gasteiger partial charge in [-0.25, -0.2) is 4.98 Å². The van der Waals surface area contributed by atoms with Gasteiger partial charge in [-0.2, -0.15) is 0 Å². The SMILES string of the molecule is CCc1nnc([C@]23CCC[C@H]2CN(C(=O)c2nc(C)[nH]c2C)C3)o1. The minimum Gasteiger partial charge on any atom is -0.425 e. The van der Waals surface area contributed by atoms with Gasteiger partial charge in [0, 0.05) is 25.2 Å². The molecule has 0 aromatic carbocycles. The number of aromatic nitrogens is 4. The van der Waals surface area contributed by atoms with Crippen molar-refractivity contribution in [3.63, 3.8) is 0 Å². The van der Waals surface area contributed by atoms with E-state index in [1.54, 1.807) is 0 Å². The Morgan fingerprint density at radius 2 is 2.25 bits per heavy atom. The van der Waals surface area contributed by atoms with E-state index in [-0.39, 0.29) is 11.3 Å². The molecule has 1 N–H and O–H groups in total. The first-order chi connectivity index (χ1) is 11.5. The number of H-pyrrole nitrogens is 1. The maximum absolute atomic E-state index is 12.9. The Bertz CT molecular complexity index is 780. The first-order valence-corrected chi connectivity index (χ1v) is 8.69. The van der Waals surface area contributed by atoms with Crippen molar-refractivity contribution in [3.05, 3.63) is 29.0 Å². The Morgan fingerprint density at radius 1 is 1.42 bits per heavy atom. The third-order valence-electron chi connectivity index (χ3n) is 5.56. The molecule has 0 unspecified atom stereocenters. The van der Waals surface area contributed by atoms with Crippen LogP contribution in [0.3, 0.4) is 0 Å². The minimum absolute atomic E-state index is 0.000792. The van der Waals surface area contributed by atoms with Crippen molar-refractivity contribution >= 4 is 5.91 Å². The molecule has 7 heteroatoms. The molecule has 2 aromatic heterocycles. The van der Waals surface area contributed by atoms with Crippen LogP contribution in [0.1, 0.15) is 60.0 Å². The van der Waals surface area contributed by atoms with E-state index in [1.807, 2.05) is 25.7 Å². The third kappa shape index (κ3) is 2.17. The number of hydrogen-bond donors (Lipinski definition) is 1. The number of aromatic amines is 1. The summed E-state index contributed by atoms with van der Waals surface area (Å²) in [6, 6.07) is 0. The molecule has 0 spiro atoms. The molecule has 24 heavy (non-hydrogen) atoms. The summed E-state index contributed by atoms with van der Waals surface area (Å²) < 4.78 is 5.90. The van der Waals surface area contributed by atoms with Gasteiger partial charge >= 0.3 is 0 Å². The lowest BCUT2D eigenvalue weighted by Crippen LogP contribution is -2.35. The fourth-order valence-corrected chi connectivity index (χ4v) is 4.36. The van der Waals surface area contributed by atoms with E-state index in [4.69, 9.17) is 4.42 Å². The summed E-state index contributed by atoms with van der Waals surface area (Å²) in [5.41, 5.74) is 1.19. The molecule has 128 valence electrons. The number of likely N-dealkylation sites (tertiary alicyclic amines) is 1. The van der Waals surface area contributed by atoms with E-state index in [0.717, 1.165) is 43.7 Å². The maximum Gasteiger partial charge on any atom is 0.274 e. The highest BCUT2D eigenvalue weighted by molar-refractivity contribution is 5.93. The molecular formula is C17H23N5O2. The molecule has 2 aliphatic rings. The highest BCUT2D eigenvalue weighted by Gasteiger charge is 2.55. The molecule has 2 atom stereocenters. The monoisotopic (exact) mass is 329 g/mol. The lowest BCUT2D eigenvalue weighted by Gasteiger charge is -2.24. The molecule has 3 heterocycles. The Morgan fingerprint density at radius 3 is 2.92 bits per heavy atom. The third-order valence-corrected chi connectivity index (χ3v) is 5.56. The molecule has 2 aromatic rings. The van der Waals surface area contributed by atoms with Gasteiger partial charge in [-0.15, -0.1) is 10.2 Å². The summed E-state index contributed by atoms with van der Waals surface area (Å²) >= 11 is 0. The number of carbonyl (C=O) groups is 1. The highest BCUT2D eigenvalue weighted by Crippen LogP contribution is 2.50. The van der Waals surface area contributed by atoms with Gasteiger partial charge in [0.25, 0.3) is 5.91 Å². The molecule has 0 radical (unpaired) electrons. The van der Waals surface area contributed by atoms with Gasteiger partial charge in [0.15, 0.2) is 0 Å². The van der Waals surface area contributed by atoms with Gasteiger partial charge in [-0.3, -0.25) is 4.79 Å². The number of amides is 1. The smallest absolute Gasteiger partial charge is 0.274 e. The number of imidazole rings is 1. The summed E-state index contributed by atoms with van der Waals surface area (Å²) in [6.45, 7) is 7.16. The Balaban J connectivity index is 1.63. The average molecular weight is 329 g/mol. The van der Waals surface area contributed by atoms with Gasteiger partial charge in [-0.1, -0.05) is 13.3 Å². The second-order valence-electron chi connectivity index (χ2n) is 7.08. The summed E-state index contributed by atoms with van der Waals surface area (Å²) in [4.78, 5) is 22.3. The number of nitrogens with zero attached hydrogens (tertiary/aromatic N) is 4. The zero-order valence-corrected chi connectivity index (χ0v) is 14.4. The van der Waals surface area contributed by atoms with E-state index in [2.05, 4.69) is 20.2 Å². The molecule has 4 rings (SSSR count). The number of hydrogen-bond acceptors (Lipinski definition) is 5. The van der Waals surface area contributed by atoms with Crippen LogP contribution < -0.4 is 0 Å². The van der Waals surface area contributed by atoms with Gasteiger partial charge < -0.3 is 14.3 Å². The molecule has 2 fully saturated rings. The minimum atomic E-state index is -0.171. The number of aryl methyl sites for hydroxylation is 3. The van der Waals surface area contributed by atoms with Crippen molar-refractivity contribution in [2.24, 2.45) is 5.92 Å². The quantitative estimate of drug-likeness (QED) is 0.932. The van der Waals surface area contributed by atoms with Crippen molar-refractivity contribution in [1.82, 2.24) is 25.1 Å². The predicted octanol–water partition coefficient (Wildman–Crippen LogP) is 2.17. The zero-order chi connectivity index (χ0) is 16.9. The van der Waals surface area contributed by atoms with Crippen LogP contribution in [0.4, 0.5) is 0 Å². The standard InChI is InChI=1S/C17H23N5O2/c1-4-13-20-21-16(24-13)17-7-5-6-12(17)8-22(9-17)15(23)14-10(2)18-11(3)19-14/h12H,4-9H2,1-3H3,(H,18,19)/t12-,17-/m0/s1. The van der Waals surface area contributed by atoms with Crippen molar-refractivity contribution in [1.29, 1.82) is 0 Å². The van der Waals surface area contributed by atoms with E-state index in [1.165, 1.54) is 0 Å². The largest absolute Gasteiger partial charge is 0.425 e. The molecule has 1 saturated carbocycles.